The van der Waals surface area contributed by atoms with E-state index in [9.17, 15) is 8.42 Å². The molecule has 108 valence electrons. The molecule has 0 bridgehead atoms. The molecule has 0 saturated carbocycles. The summed E-state index contributed by atoms with van der Waals surface area (Å²) in [7, 11) is -3.12. The molecule has 1 aromatic carbocycles. The van der Waals surface area contributed by atoms with Crippen LogP contribution in [0.25, 0.3) is 0 Å². The molecule has 0 atom stereocenters. The van der Waals surface area contributed by atoms with Gasteiger partial charge in [0.15, 0.2) is 9.84 Å². The Bertz CT molecular complexity index is 660. The van der Waals surface area contributed by atoms with Crippen LogP contribution in [0.1, 0.15) is 12.5 Å². The zero-order valence-corrected chi connectivity index (χ0v) is 12.5. The number of aryl methyl sites for hydroxylation is 1. The maximum absolute atomic E-state index is 11.7. The predicted octanol–water partition coefficient (Wildman–Crippen LogP) is 2.10. The van der Waals surface area contributed by atoms with E-state index in [1.807, 2.05) is 24.0 Å². The molecule has 2 aromatic rings. The fraction of sp³-hybridized carbons (Fsp3) is 0.357. The van der Waals surface area contributed by atoms with E-state index in [-0.39, 0.29) is 5.75 Å². The summed E-state index contributed by atoms with van der Waals surface area (Å²) in [6.45, 7) is 5.15. The lowest BCUT2D eigenvalue weighted by Gasteiger charge is -2.07. The molecule has 0 unspecified atom stereocenters. The Kier molecular flexibility index (Phi) is 4.44. The van der Waals surface area contributed by atoms with Gasteiger partial charge in [-0.2, -0.15) is 5.10 Å². The molecule has 0 amide bonds. The topological polar surface area (TPSA) is 64.0 Å². The number of rotatable bonds is 6. The number of anilines is 1. The lowest BCUT2D eigenvalue weighted by molar-refractivity contribution is 0.597. The maximum atomic E-state index is 11.7. The van der Waals surface area contributed by atoms with Crippen LogP contribution in [0.4, 0.5) is 5.69 Å². The van der Waals surface area contributed by atoms with E-state index >= 15 is 0 Å². The average molecular weight is 293 g/mol. The zero-order chi connectivity index (χ0) is 14.6. The highest BCUT2D eigenvalue weighted by molar-refractivity contribution is 7.91. The van der Waals surface area contributed by atoms with Gasteiger partial charge in [-0.1, -0.05) is 6.92 Å². The summed E-state index contributed by atoms with van der Waals surface area (Å²) in [6.07, 6.45) is 3.81. The van der Waals surface area contributed by atoms with E-state index in [4.69, 9.17) is 0 Å². The monoisotopic (exact) mass is 293 g/mol. The van der Waals surface area contributed by atoms with Crippen LogP contribution in [0, 0.1) is 6.92 Å². The first-order chi connectivity index (χ1) is 9.51. The second-order valence-corrected chi connectivity index (χ2v) is 6.91. The van der Waals surface area contributed by atoms with Gasteiger partial charge in [0.05, 0.1) is 23.4 Å². The summed E-state index contributed by atoms with van der Waals surface area (Å²) in [5.41, 5.74) is 2.04. The SMILES string of the molecule is CCS(=O)(=O)c1ccc(NCCn2cc(C)cn2)cc1. The second-order valence-electron chi connectivity index (χ2n) is 4.64. The minimum absolute atomic E-state index is 0.123. The highest BCUT2D eigenvalue weighted by Crippen LogP contribution is 2.15. The third-order valence-electron chi connectivity index (χ3n) is 3.03. The molecule has 2 rings (SSSR count). The summed E-state index contributed by atoms with van der Waals surface area (Å²) in [4.78, 5) is 0.369. The van der Waals surface area contributed by atoms with Crippen molar-refractivity contribution < 1.29 is 8.42 Å². The van der Waals surface area contributed by atoms with E-state index in [0.29, 0.717) is 4.90 Å². The molecule has 0 spiro atoms. The number of benzene rings is 1. The lowest BCUT2D eigenvalue weighted by atomic mass is 10.3. The third kappa shape index (κ3) is 3.60. The van der Waals surface area contributed by atoms with E-state index in [0.717, 1.165) is 24.3 Å². The van der Waals surface area contributed by atoms with Crippen LogP contribution < -0.4 is 5.32 Å². The van der Waals surface area contributed by atoms with Crippen molar-refractivity contribution in [1.29, 1.82) is 0 Å². The third-order valence-corrected chi connectivity index (χ3v) is 4.78. The van der Waals surface area contributed by atoms with Crippen LogP contribution in [-0.2, 0) is 16.4 Å². The van der Waals surface area contributed by atoms with Crippen molar-refractivity contribution in [3.63, 3.8) is 0 Å². The smallest absolute Gasteiger partial charge is 0.178 e. The van der Waals surface area contributed by atoms with Crippen LogP contribution in [-0.4, -0.2) is 30.5 Å². The molecule has 1 heterocycles. The van der Waals surface area contributed by atoms with Gasteiger partial charge in [0, 0.05) is 18.4 Å². The zero-order valence-electron chi connectivity index (χ0n) is 11.7. The summed E-state index contributed by atoms with van der Waals surface area (Å²) in [6, 6.07) is 6.85. The molecule has 0 aliphatic rings. The molecule has 20 heavy (non-hydrogen) atoms. The Hall–Kier alpha value is -1.82. The van der Waals surface area contributed by atoms with Crippen molar-refractivity contribution >= 4 is 15.5 Å². The van der Waals surface area contributed by atoms with E-state index < -0.39 is 9.84 Å². The molecule has 0 fully saturated rings. The normalized spacial score (nSPS) is 11.5. The fourth-order valence-corrected chi connectivity index (χ4v) is 2.73. The van der Waals surface area contributed by atoms with Crippen molar-refractivity contribution in [3.8, 4) is 0 Å². The van der Waals surface area contributed by atoms with E-state index in [1.165, 1.54) is 0 Å². The Morgan fingerprint density at radius 3 is 2.50 bits per heavy atom. The number of hydrogen-bond donors (Lipinski definition) is 1. The summed E-state index contributed by atoms with van der Waals surface area (Å²) in [5.74, 6) is 0.123. The Balaban J connectivity index is 1.91. The van der Waals surface area contributed by atoms with Crippen molar-refractivity contribution in [2.24, 2.45) is 0 Å². The highest BCUT2D eigenvalue weighted by Gasteiger charge is 2.10. The molecular formula is C14H19N3O2S. The van der Waals surface area contributed by atoms with Gasteiger partial charge in [0.2, 0.25) is 0 Å². The van der Waals surface area contributed by atoms with Gasteiger partial charge in [-0.15, -0.1) is 0 Å². The number of nitrogens with zero attached hydrogens (tertiary/aromatic N) is 2. The number of sulfone groups is 1. The van der Waals surface area contributed by atoms with Crippen LogP contribution in [0.3, 0.4) is 0 Å². The van der Waals surface area contributed by atoms with Crippen LogP contribution in [0.15, 0.2) is 41.6 Å². The Labute approximate surface area is 119 Å². The first-order valence-electron chi connectivity index (χ1n) is 6.57. The molecule has 0 aliphatic carbocycles. The second kappa shape index (κ2) is 6.09. The van der Waals surface area contributed by atoms with Gasteiger partial charge >= 0.3 is 0 Å². The first kappa shape index (κ1) is 14.6. The average Bonchev–Trinajstić information content (AvgIpc) is 2.85. The van der Waals surface area contributed by atoms with Gasteiger partial charge in [-0.25, -0.2) is 8.42 Å². The van der Waals surface area contributed by atoms with E-state index in [2.05, 4.69) is 10.4 Å². The van der Waals surface area contributed by atoms with E-state index in [1.54, 1.807) is 31.2 Å². The molecule has 0 aliphatic heterocycles. The standard InChI is InChI=1S/C14H19N3O2S/c1-3-20(18,19)14-6-4-13(5-7-14)15-8-9-17-11-12(2)10-16-17/h4-7,10-11,15H,3,8-9H2,1-2H3. The molecule has 0 radical (unpaired) electrons. The molecule has 5 nitrogen and oxygen atoms in total. The predicted molar refractivity (Wildman–Crippen MR) is 79.6 cm³/mol. The molecule has 0 saturated heterocycles. The quantitative estimate of drug-likeness (QED) is 0.886. The Morgan fingerprint density at radius 2 is 1.95 bits per heavy atom. The first-order valence-corrected chi connectivity index (χ1v) is 8.22. The lowest BCUT2D eigenvalue weighted by Crippen LogP contribution is -2.11. The molecular weight excluding hydrogens is 274 g/mol. The number of aromatic nitrogens is 2. The maximum Gasteiger partial charge on any atom is 0.178 e. The van der Waals surface area contributed by atoms with Crippen LogP contribution in [0.2, 0.25) is 0 Å². The molecule has 1 N–H and O–H groups in total. The Morgan fingerprint density at radius 1 is 1.25 bits per heavy atom. The minimum atomic E-state index is -3.12. The van der Waals surface area contributed by atoms with Crippen molar-refractivity contribution in [2.75, 3.05) is 17.6 Å². The number of nitrogens with one attached hydrogen (secondary N) is 1. The van der Waals surface area contributed by atoms with Gasteiger partial charge < -0.3 is 5.32 Å². The van der Waals surface area contributed by atoms with Crippen molar-refractivity contribution in [1.82, 2.24) is 9.78 Å². The fourth-order valence-electron chi connectivity index (χ4n) is 1.85. The summed E-state index contributed by atoms with van der Waals surface area (Å²) < 4.78 is 25.2. The van der Waals surface area contributed by atoms with Crippen molar-refractivity contribution in [2.45, 2.75) is 25.3 Å². The minimum Gasteiger partial charge on any atom is -0.383 e. The summed E-state index contributed by atoms with van der Waals surface area (Å²) >= 11 is 0. The molecule has 1 aromatic heterocycles. The summed E-state index contributed by atoms with van der Waals surface area (Å²) in [5, 5.41) is 7.45. The van der Waals surface area contributed by atoms with Gasteiger partial charge in [-0.05, 0) is 36.8 Å². The van der Waals surface area contributed by atoms with Crippen molar-refractivity contribution in [3.05, 3.63) is 42.2 Å². The van der Waals surface area contributed by atoms with Gasteiger partial charge in [0.25, 0.3) is 0 Å². The van der Waals surface area contributed by atoms with Gasteiger partial charge in [-0.3, -0.25) is 4.68 Å². The van der Waals surface area contributed by atoms with Crippen LogP contribution in [0.5, 0.6) is 0 Å². The number of hydrogen-bond acceptors (Lipinski definition) is 4. The van der Waals surface area contributed by atoms with Gasteiger partial charge in [0.1, 0.15) is 0 Å². The molecule has 6 heteroatoms. The highest BCUT2D eigenvalue weighted by atomic mass is 32.2. The van der Waals surface area contributed by atoms with Crippen LogP contribution >= 0.6 is 0 Å². The largest absolute Gasteiger partial charge is 0.383 e.